The van der Waals surface area contributed by atoms with Crippen molar-refractivity contribution in [2.45, 2.75) is 12.8 Å². The van der Waals surface area contributed by atoms with Crippen molar-refractivity contribution in [1.29, 1.82) is 0 Å². The Bertz CT molecular complexity index is 579. The minimum absolute atomic E-state index is 0.443. The average molecular weight is 256 g/mol. The maximum absolute atomic E-state index is 4.54. The molecule has 19 heavy (non-hydrogen) atoms. The molecule has 0 atom stereocenters. The Morgan fingerprint density at radius 2 is 2.05 bits per heavy atom. The molecule has 1 N–H and O–H groups in total. The standard InChI is InChI=1S/C13H16N6/c1-9-5-12(16-8-15-9)17-11-3-4-14-13(18-11)10-6-19(2)7-10/h3-5,8,10H,6-7H2,1-2H3,(H,14,15,16,17,18). The van der Waals surface area contributed by atoms with Crippen molar-refractivity contribution < 1.29 is 0 Å². The number of hydrogen-bond donors (Lipinski definition) is 1. The van der Waals surface area contributed by atoms with Crippen LogP contribution in [0.5, 0.6) is 0 Å². The number of aryl methyl sites for hydroxylation is 1. The Morgan fingerprint density at radius 1 is 1.21 bits per heavy atom. The van der Waals surface area contributed by atoms with Crippen molar-refractivity contribution in [3.8, 4) is 0 Å². The van der Waals surface area contributed by atoms with Gasteiger partial charge in [-0.05, 0) is 20.0 Å². The van der Waals surface area contributed by atoms with Crippen molar-refractivity contribution in [1.82, 2.24) is 24.8 Å². The number of aromatic nitrogens is 4. The lowest BCUT2D eigenvalue weighted by Crippen LogP contribution is -2.42. The highest BCUT2D eigenvalue weighted by Crippen LogP contribution is 2.23. The van der Waals surface area contributed by atoms with Crippen LogP contribution in [0.2, 0.25) is 0 Å². The van der Waals surface area contributed by atoms with E-state index in [1.54, 1.807) is 12.5 Å². The second-order valence-corrected chi connectivity index (χ2v) is 4.89. The highest BCUT2D eigenvalue weighted by Gasteiger charge is 2.27. The monoisotopic (exact) mass is 256 g/mol. The topological polar surface area (TPSA) is 66.8 Å². The molecule has 98 valence electrons. The fraction of sp³-hybridized carbons (Fsp3) is 0.385. The molecule has 6 heteroatoms. The first kappa shape index (κ1) is 12.0. The summed E-state index contributed by atoms with van der Waals surface area (Å²) < 4.78 is 0. The average Bonchev–Trinajstić information content (AvgIpc) is 2.35. The Labute approximate surface area is 111 Å². The van der Waals surface area contributed by atoms with Gasteiger partial charge in [0.2, 0.25) is 0 Å². The fourth-order valence-corrected chi connectivity index (χ4v) is 2.16. The quantitative estimate of drug-likeness (QED) is 0.894. The summed E-state index contributed by atoms with van der Waals surface area (Å²) in [6.45, 7) is 3.98. The molecule has 1 aliphatic heterocycles. The second kappa shape index (κ2) is 4.89. The molecule has 1 aliphatic rings. The van der Waals surface area contributed by atoms with Crippen LogP contribution >= 0.6 is 0 Å². The summed E-state index contributed by atoms with van der Waals surface area (Å²) in [5.74, 6) is 2.87. The highest BCUT2D eigenvalue weighted by molar-refractivity contribution is 5.50. The zero-order valence-electron chi connectivity index (χ0n) is 11.0. The van der Waals surface area contributed by atoms with Crippen LogP contribution in [0.25, 0.3) is 0 Å². The minimum Gasteiger partial charge on any atom is -0.325 e. The number of nitrogens with zero attached hydrogens (tertiary/aromatic N) is 5. The van der Waals surface area contributed by atoms with E-state index in [0.717, 1.165) is 36.2 Å². The molecular weight excluding hydrogens is 240 g/mol. The SMILES string of the molecule is Cc1cc(Nc2ccnc(C3CN(C)C3)n2)ncn1. The van der Waals surface area contributed by atoms with Gasteiger partial charge in [-0.25, -0.2) is 19.9 Å². The van der Waals surface area contributed by atoms with Gasteiger partial charge in [-0.3, -0.25) is 0 Å². The van der Waals surface area contributed by atoms with Gasteiger partial charge in [-0.15, -0.1) is 0 Å². The third-order valence-corrected chi connectivity index (χ3v) is 3.16. The van der Waals surface area contributed by atoms with E-state index in [0.29, 0.717) is 5.92 Å². The van der Waals surface area contributed by atoms with E-state index in [-0.39, 0.29) is 0 Å². The van der Waals surface area contributed by atoms with Gasteiger partial charge in [0.15, 0.2) is 0 Å². The van der Waals surface area contributed by atoms with E-state index in [1.807, 2.05) is 19.1 Å². The van der Waals surface area contributed by atoms with Crippen LogP contribution in [0.1, 0.15) is 17.4 Å². The van der Waals surface area contributed by atoms with E-state index in [2.05, 4.69) is 37.2 Å². The zero-order chi connectivity index (χ0) is 13.2. The summed E-state index contributed by atoms with van der Waals surface area (Å²) in [6.07, 6.45) is 3.33. The van der Waals surface area contributed by atoms with Crippen molar-refractivity contribution in [3.05, 3.63) is 36.2 Å². The first-order valence-corrected chi connectivity index (χ1v) is 6.28. The first-order valence-electron chi connectivity index (χ1n) is 6.28. The Kier molecular flexibility index (Phi) is 3.08. The van der Waals surface area contributed by atoms with Crippen LogP contribution in [0.15, 0.2) is 24.7 Å². The van der Waals surface area contributed by atoms with Gasteiger partial charge < -0.3 is 10.2 Å². The number of rotatable bonds is 3. The van der Waals surface area contributed by atoms with Gasteiger partial charge in [0.25, 0.3) is 0 Å². The van der Waals surface area contributed by atoms with Gasteiger partial charge in [-0.1, -0.05) is 0 Å². The number of anilines is 2. The van der Waals surface area contributed by atoms with Crippen molar-refractivity contribution in [2.75, 3.05) is 25.5 Å². The molecule has 0 aliphatic carbocycles. The van der Waals surface area contributed by atoms with Crippen molar-refractivity contribution in [2.24, 2.45) is 0 Å². The molecule has 0 saturated carbocycles. The Balaban J connectivity index is 1.76. The number of likely N-dealkylation sites (N-methyl/N-ethyl adjacent to an activating group) is 1. The van der Waals surface area contributed by atoms with Crippen LogP contribution in [0, 0.1) is 6.92 Å². The maximum Gasteiger partial charge on any atom is 0.136 e. The smallest absolute Gasteiger partial charge is 0.136 e. The van der Waals surface area contributed by atoms with E-state index in [9.17, 15) is 0 Å². The molecule has 2 aromatic heterocycles. The van der Waals surface area contributed by atoms with Crippen molar-refractivity contribution >= 4 is 11.6 Å². The van der Waals surface area contributed by atoms with Crippen LogP contribution in [-0.2, 0) is 0 Å². The lowest BCUT2D eigenvalue weighted by atomic mass is 10.0. The van der Waals surface area contributed by atoms with Gasteiger partial charge in [0, 0.05) is 37.0 Å². The number of hydrogen-bond acceptors (Lipinski definition) is 6. The van der Waals surface area contributed by atoms with E-state index in [1.165, 1.54) is 0 Å². The molecule has 0 amide bonds. The zero-order valence-corrected chi connectivity index (χ0v) is 11.0. The summed E-state index contributed by atoms with van der Waals surface area (Å²) in [5.41, 5.74) is 0.924. The Morgan fingerprint density at radius 3 is 2.79 bits per heavy atom. The van der Waals surface area contributed by atoms with E-state index < -0.39 is 0 Å². The summed E-state index contributed by atoms with van der Waals surface area (Å²) >= 11 is 0. The summed E-state index contributed by atoms with van der Waals surface area (Å²) in [4.78, 5) is 19.4. The largest absolute Gasteiger partial charge is 0.325 e. The van der Waals surface area contributed by atoms with E-state index >= 15 is 0 Å². The van der Waals surface area contributed by atoms with Gasteiger partial charge >= 0.3 is 0 Å². The van der Waals surface area contributed by atoms with Gasteiger partial charge in [-0.2, -0.15) is 0 Å². The molecule has 3 heterocycles. The maximum atomic E-state index is 4.54. The fourth-order valence-electron chi connectivity index (χ4n) is 2.16. The normalized spacial score (nSPS) is 16.1. The van der Waals surface area contributed by atoms with Crippen LogP contribution in [-0.4, -0.2) is 45.0 Å². The molecule has 0 bridgehead atoms. The van der Waals surface area contributed by atoms with E-state index in [4.69, 9.17) is 0 Å². The molecule has 1 saturated heterocycles. The summed E-state index contributed by atoms with van der Waals surface area (Å²) in [5, 5.41) is 3.18. The first-order chi connectivity index (χ1) is 9.20. The molecule has 1 fully saturated rings. The molecule has 6 nitrogen and oxygen atoms in total. The van der Waals surface area contributed by atoms with Crippen LogP contribution < -0.4 is 5.32 Å². The van der Waals surface area contributed by atoms with Crippen molar-refractivity contribution in [3.63, 3.8) is 0 Å². The highest BCUT2D eigenvalue weighted by atomic mass is 15.2. The Hall–Kier alpha value is -2.08. The lowest BCUT2D eigenvalue weighted by Gasteiger charge is -2.34. The van der Waals surface area contributed by atoms with Crippen LogP contribution in [0.3, 0.4) is 0 Å². The predicted octanol–water partition coefficient (Wildman–Crippen LogP) is 1.35. The number of likely N-dealkylation sites (tertiary alicyclic amines) is 1. The van der Waals surface area contributed by atoms with Gasteiger partial charge in [0.05, 0.1) is 0 Å². The third-order valence-electron chi connectivity index (χ3n) is 3.16. The third kappa shape index (κ3) is 2.68. The van der Waals surface area contributed by atoms with Crippen LogP contribution in [0.4, 0.5) is 11.6 Å². The molecule has 0 unspecified atom stereocenters. The molecule has 0 radical (unpaired) electrons. The minimum atomic E-state index is 0.443. The molecule has 0 aromatic carbocycles. The van der Waals surface area contributed by atoms with Gasteiger partial charge in [0.1, 0.15) is 23.8 Å². The molecule has 3 rings (SSSR count). The lowest BCUT2D eigenvalue weighted by molar-refractivity contribution is 0.183. The number of nitrogens with one attached hydrogen (secondary N) is 1. The summed E-state index contributed by atoms with van der Waals surface area (Å²) in [7, 11) is 2.10. The molecule has 2 aromatic rings. The predicted molar refractivity (Wildman–Crippen MR) is 72.3 cm³/mol. The summed E-state index contributed by atoms with van der Waals surface area (Å²) in [6, 6.07) is 3.74. The molecule has 0 spiro atoms. The molecular formula is C13H16N6. The second-order valence-electron chi connectivity index (χ2n) is 4.89.